The number of rotatable bonds is 6. The Labute approximate surface area is 107 Å². The molecule has 0 saturated carbocycles. The van der Waals surface area contributed by atoms with Gasteiger partial charge in [-0.25, -0.2) is 0 Å². The molecule has 0 unspecified atom stereocenters. The molecular formula is C12H16O5S. The van der Waals surface area contributed by atoms with E-state index >= 15 is 0 Å². The van der Waals surface area contributed by atoms with Gasteiger partial charge in [-0.05, 0) is 12.5 Å². The molecule has 0 amide bonds. The smallest absolute Gasteiger partial charge is 0.310 e. The van der Waals surface area contributed by atoms with Gasteiger partial charge in [0.25, 0.3) is 10.1 Å². The largest absolute Gasteiger partial charge is 0.469 e. The third kappa shape index (κ3) is 4.85. The number of hydrogen-bond donors (Lipinski definition) is 0. The molecule has 18 heavy (non-hydrogen) atoms. The molecule has 5 nitrogen and oxygen atoms in total. The zero-order chi connectivity index (χ0) is 13.6. The van der Waals surface area contributed by atoms with E-state index in [1.165, 1.54) is 7.11 Å². The summed E-state index contributed by atoms with van der Waals surface area (Å²) in [5.74, 6) is -1.31. The van der Waals surface area contributed by atoms with Crippen LogP contribution in [0, 0.1) is 5.92 Å². The lowest BCUT2D eigenvalue weighted by molar-refractivity contribution is -0.145. The van der Waals surface area contributed by atoms with Crippen LogP contribution in [-0.2, 0) is 29.6 Å². The molecule has 0 saturated heterocycles. The fourth-order valence-corrected chi connectivity index (χ4v) is 2.39. The van der Waals surface area contributed by atoms with Crippen LogP contribution in [0.2, 0.25) is 0 Å². The first-order valence-corrected chi connectivity index (χ1v) is 7.01. The van der Waals surface area contributed by atoms with Gasteiger partial charge in [-0.1, -0.05) is 30.3 Å². The lowest BCUT2D eigenvalue weighted by Gasteiger charge is -2.10. The summed E-state index contributed by atoms with van der Waals surface area (Å²) in [6, 6.07) is 8.70. The summed E-state index contributed by atoms with van der Waals surface area (Å²) in [7, 11) is -2.43. The summed E-state index contributed by atoms with van der Waals surface area (Å²) < 4.78 is 32.6. The highest BCUT2D eigenvalue weighted by Crippen LogP contribution is 2.09. The Balaban J connectivity index is 2.53. The number of carbonyl (C=O) groups excluding carboxylic acids is 1. The molecule has 0 radical (unpaired) electrons. The van der Waals surface area contributed by atoms with E-state index in [9.17, 15) is 13.2 Å². The van der Waals surface area contributed by atoms with Gasteiger partial charge in [-0.2, -0.15) is 8.42 Å². The molecule has 0 aliphatic carbocycles. The average molecular weight is 272 g/mol. The molecule has 0 fully saturated rings. The van der Waals surface area contributed by atoms with E-state index in [4.69, 9.17) is 4.18 Å². The van der Waals surface area contributed by atoms with Crippen molar-refractivity contribution in [1.82, 2.24) is 0 Å². The predicted molar refractivity (Wildman–Crippen MR) is 66.2 cm³/mol. The van der Waals surface area contributed by atoms with E-state index in [1.54, 1.807) is 37.3 Å². The van der Waals surface area contributed by atoms with E-state index in [-0.39, 0.29) is 12.4 Å². The SMILES string of the molecule is COC(=O)[C@H](C)COS(=O)(=O)Cc1ccccc1. The standard InChI is InChI=1S/C12H16O5S/c1-10(12(13)16-2)8-17-18(14,15)9-11-6-4-3-5-7-11/h3-7,10H,8-9H2,1-2H3/t10-/m1/s1. The molecule has 1 aromatic carbocycles. The summed E-state index contributed by atoms with van der Waals surface area (Å²) in [6.07, 6.45) is 0. The monoisotopic (exact) mass is 272 g/mol. The Morgan fingerprint density at radius 1 is 1.28 bits per heavy atom. The Hall–Kier alpha value is -1.40. The highest BCUT2D eigenvalue weighted by molar-refractivity contribution is 7.85. The van der Waals surface area contributed by atoms with Gasteiger partial charge in [0.2, 0.25) is 0 Å². The van der Waals surface area contributed by atoms with Crippen molar-refractivity contribution in [2.45, 2.75) is 12.7 Å². The molecule has 0 heterocycles. The van der Waals surface area contributed by atoms with Crippen LogP contribution >= 0.6 is 0 Å². The van der Waals surface area contributed by atoms with Crippen LogP contribution in [0.5, 0.6) is 0 Å². The van der Waals surface area contributed by atoms with E-state index in [1.807, 2.05) is 0 Å². The minimum atomic E-state index is -3.68. The van der Waals surface area contributed by atoms with Gasteiger partial charge >= 0.3 is 5.97 Å². The molecule has 100 valence electrons. The first-order valence-electron chi connectivity index (χ1n) is 5.43. The maximum absolute atomic E-state index is 11.6. The van der Waals surface area contributed by atoms with Gasteiger partial charge in [-0.3, -0.25) is 8.98 Å². The van der Waals surface area contributed by atoms with Crippen molar-refractivity contribution >= 4 is 16.1 Å². The van der Waals surface area contributed by atoms with Gasteiger partial charge in [0.05, 0.1) is 19.6 Å². The van der Waals surface area contributed by atoms with Crippen molar-refractivity contribution in [3.63, 3.8) is 0 Å². The Morgan fingerprint density at radius 2 is 1.89 bits per heavy atom. The molecule has 1 aromatic rings. The minimum Gasteiger partial charge on any atom is -0.469 e. The summed E-state index contributed by atoms with van der Waals surface area (Å²) in [4.78, 5) is 11.1. The Kier molecular flexibility index (Phi) is 5.30. The van der Waals surface area contributed by atoms with Crippen molar-refractivity contribution in [3.8, 4) is 0 Å². The van der Waals surface area contributed by atoms with Crippen LogP contribution in [0.3, 0.4) is 0 Å². The number of esters is 1. The molecule has 0 aromatic heterocycles. The maximum Gasteiger partial charge on any atom is 0.310 e. The normalized spacial score (nSPS) is 13.0. The van der Waals surface area contributed by atoms with Crippen LogP contribution in [0.25, 0.3) is 0 Å². The molecular weight excluding hydrogens is 256 g/mol. The van der Waals surface area contributed by atoms with Gasteiger partial charge in [0.1, 0.15) is 5.75 Å². The molecule has 0 spiro atoms. The number of carbonyl (C=O) groups is 1. The van der Waals surface area contributed by atoms with Gasteiger partial charge in [0, 0.05) is 0 Å². The van der Waals surface area contributed by atoms with E-state index in [0.29, 0.717) is 5.56 Å². The van der Waals surface area contributed by atoms with Crippen molar-refractivity contribution < 1.29 is 22.1 Å². The van der Waals surface area contributed by atoms with Crippen LogP contribution in [0.1, 0.15) is 12.5 Å². The van der Waals surface area contributed by atoms with Crippen molar-refractivity contribution in [3.05, 3.63) is 35.9 Å². The second kappa shape index (κ2) is 6.51. The van der Waals surface area contributed by atoms with Gasteiger partial charge in [-0.15, -0.1) is 0 Å². The number of ether oxygens (including phenoxy) is 1. The average Bonchev–Trinajstić information content (AvgIpc) is 2.35. The molecule has 0 aliphatic rings. The molecule has 0 aliphatic heterocycles. The van der Waals surface area contributed by atoms with Crippen molar-refractivity contribution in [1.29, 1.82) is 0 Å². The zero-order valence-corrected chi connectivity index (χ0v) is 11.1. The topological polar surface area (TPSA) is 69.7 Å². The quantitative estimate of drug-likeness (QED) is 0.577. The number of hydrogen-bond acceptors (Lipinski definition) is 5. The van der Waals surface area contributed by atoms with Gasteiger partial charge in [0.15, 0.2) is 0 Å². The van der Waals surface area contributed by atoms with Crippen LogP contribution in [-0.4, -0.2) is 28.1 Å². The van der Waals surface area contributed by atoms with Crippen LogP contribution in [0.15, 0.2) is 30.3 Å². The predicted octanol–water partition coefficient (Wildman–Crippen LogP) is 1.34. The fourth-order valence-electron chi connectivity index (χ4n) is 1.29. The fraction of sp³-hybridized carbons (Fsp3) is 0.417. The second-order valence-corrected chi connectivity index (χ2v) is 5.54. The molecule has 1 atom stereocenters. The Morgan fingerprint density at radius 3 is 2.44 bits per heavy atom. The second-order valence-electron chi connectivity index (χ2n) is 3.90. The first kappa shape index (κ1) is 14.7. The van der Waals surface area contributed by atoms with Crippen LogP contribution in [0.4, 0.5) is 0 Å². The number of benzene rings is 1. The molecule has 1 rings (SSSR count). The van der Waals surface area contributed by atoms with Crippen molar-refractivity contribution in [2.24, 2.45) is 5.92 Å². The number of methoxy groups -OCH3 is 1. The summed E-state index contributed by atoms with van der Waals surface area (Å²) in [5.41, 5.74) is 0.642. The zero-order valence-electron chi connectivity index (χ0n) is 10.3. The highest BCUT2D eigenvalue weighted by atomic mass is 32.2. The van der Waals surface area contributed by atoms with Gasteiger partial charge < -0.3 is 4.74 Å². The molecule has 6 heteroatoms. The molecule has 0 N–H and O–H groups in total. The van der Waals surface area contributed by atoms with Crippen molar-refractivity contribution in [2.75, 3.05) is 13.7 Å². The summed E-state index contributed by atoms with van der Waals surface area (Å²) in [5, 5.41) is 0. The highest BCUT2D eigenvalue weighted by Gasteiger charge is 2.19. The summed E-state index contributed by atoms with van der Waals surface area (Å²) in [6.45, 7) is 1.34. The first-order chi connectivity index (χ1) is 8.44. The van der Waals surface area contributed by atoms with E-state index in [0.717, 1.165) is 0 Å². The lowest BCUT2D eigenvalue weighted by Crippen LogP contribution is -2.21. The van der Waals surface area contributed by atoms with Crippen LogP contribution < -0.4 is 0 Å². The third-order valence-corrected chi connectivity index (χ3v) is 3.47. The lowest BCUT2D eigenvalue weighted by atomic mass is 10.2. The van der Waals surface area contributed by atoms with E-state index in [2.05, 4.69) is 4.74 Å². The molecule has 0 bridgehead atoms. The van der Waals surface area contributed by atoms with E-state index < -0.39 is 22.0 Å². The Bertz CT molecular complexity index is 480. The minimum absolute atomic E-state index is 0.207. The summed E-state index contributed by atoms with van der Waals surface area (Å²) >= 11 is 0. The maximum atomic E-state index is 11.6. The third-order valence-electron chi connectivity index (χ3n) is 2.29.